The molecule has 2 aliphatic heterocycles. The highest BCUT2D eigenvalue weighted by Gasteiger charge is 2.31. The second-order valence-electron chi connectivity index (χ2n) is 5.18. The van der Waals surface area contributed by atoms with E-state index in [0.29, 0.717) is 19.7 Å². The minimum absolute atomic E-state index is 0.0628. The number of hydrogen-bond donors (Lipinski definition) is 1. The van der Waals surface area contributed by atoms with Crippen LogP contribution in [0.1, 0.15) is 32.6 Å². The van der Waals surface area contributed by atoms with Gasteiger partial charge in [0, 0.05) is 19.1 Å². The molecular weight excluding hydrogens is 252 g/mol. The number of morpholine rings is 1. The van der Waals surface area contributed by atoms with Crippen molar-refractivity contribution in [3.05, 3.63) is 0 Å². The molecule has 0 radical (unpaired) electrons. The van der Waals surface area contributed by atoms with Gasteiger partial charge in [0.05, 0.1) is 18.5 Å². The van der Waals surface area contributed by atoms with Gasteiger partial charge in [-0.3, -0.25) is 0 Å². The Morgan fingerprint density at radius 2 is 2.22 bits per heavy atom. The van der Waals surface area contributed by atoms with Crippen LogP contribution >= 0.6 is 0 Å². The number of ether oxygens (including phenoxy) is 1. The topological polar surface area (TPSA) is 58.6 Å². The van der Waals surface area contributed by atoms with E-state index in [4.69, 9.17) is 4.74 Å². The summed E-state index contributed by atoms with van der Waals surface area (Å²) in [5.74, 6) is 0.240. The van der Waals surface area contributed by atoms with Gasteiger partial charge in [-0.25, -0.2) is 8.42 Å². The van der Waals surface area contributed by atoms with Crippen molar-refractivity contribution >= 4 is 10.0 Å². The van der Waals surface area contributed by atoms with Crippen molar-refractivity contribution < 1.29 is 13.2 Å². The minimum Gasteiger partial charge on any atom is -0.375 e. The lowest BCUT2D eigenvalue weighted by Crippen LogP contribution is -2.49. The first kappa shape index (κ1) is 14.2. The van der Waals surface area contributed by atoms with Crippen LogP contribution in [0.3, 0.4) is 0 Å². The molecule has 2 heterocycles. The molecule has 0 aromatic rings. The SMILES string of the molecule is CCC1CN(S(=O)(=O)CC2CCCCN2)CCO1. The Balaban J connectivity index is 1.92. The largest absolute Gasteiger partial charge is 0.375 e. The van der Waals surface area contributed by atoms with Gasteiger partial charge in [-0.05, 0) is 25.8 Å². The van der Waals surface area contributed by atoms with Gasteiger partial charge in [0.15, 0.2) is 0 Å². The van der Waals surface area contributed by atoms with Crippen LogP contribution < -0.4 is 5.32 Å². The molecule has 106 valence electrons. The standard InChI is InChI=1S/C12H24N2O3S/c1-2-12-9-14(7-8-17-12)18(15,16)10-11-5-3-4-6-13-11/h11-13H,2-10H2,1H3. The Hall–Kier alpha value is -0.170. The molecule has 2 rings (SSSR count). The number of nitrogens with zero attached hydrogens (tertiary/aromatic N) is 1. The molecule has 0 amide bonds. The molecule has 0 saturated carbocycles. The van der Waals surface area contributed by atoms with Crippen LogP contribution in [-0.2, 0) is 14.8 Å². The fraction of sp³-hybridized carbons (Fsp3) is 1.00. The van der Waals surface area contributed by atoms with Crippen molar-refractivity contribution in [2.45, 2.75) is 44.8 Å². The summed E-state index contributed by atoms with van der Waals surface area (Å²) in [5.41, 5.74) is 0. The van der Waals surface area contributed by atoms with Crippen molar-refractivity contribution in [2.24, 2.45) is 0 Å². The first-order valence-corrected chi connectivity index (χ1v) is 8.55. The van der Waals surface area contributed by atoms with E-state index in [-0.39, 0.29) is 17.9 Å². The van der Waals surface area contributed by atoms with Gasteiger partial charge in [0.25, 0.3) is 0 Å². The third kappa shape index (κ3) is 3.66. The van der Waals surface area contributed by atoms with Gasteiger partial charge in [-0.15, -0.1) is 0 Å². The lowest BCUT2D eigenvalue weighted by atomic mass is 10.1. The van der Waals surface area contributed by atoms with Crippen molar-refractivity contribution in [2.75, 3.05) is 32.0 Å². The predicted octanol–water partition coefficient (Wildman–Crippen LogP) is 0.569. The summed E-state index contributed by atoms with van der Waals surface area (Å²) in [6.07, 6.45) is 4.20. The lowest BCUT2D eigenvalue weighted by Gasteiger charge is -2.33. The Bertz CT molecular complexity index is 352. The van der Waals surface area contributed by atoms with Crippen LogP contribution in [0.15, 0.2) is 0 Å². The van der Waals surface area contributed by atoms with Crippen LogP contribution in [0, 0.1) is 0 Å². The highest BCUT2D eigenvalue weighted by molar-refractivity contribution is 7.89. The molecule has 0 aromatic carbocycles. The summed E-state index contributed by atoms with van der Waals surface area (Å²) in [7, 11) is -3.14. The van der Waals surface area contributed by atoms with E-state index >= 15 is 0 Å². The summed E-state index contributed by atoms with van der Waals surface area (Å²) < 4.78 is 31.8. The zero-order chi connectivity index (χ0) is 13.0. The molecule has 2 saturated heterocycles. The summed E-state index contributed by atoms with van der Waals surface area (Å²) in [6.45, 7) is 4.53. The van der Waals surface area contributed by atoms with E-state index in [1.807, 2.05) is 6.92 Å². The Kier molecular flexibility index (Phi) is 5.00. The molecule has 18 heavy (non-hydrogen) atoms. The monoisotopic (exact) mass is 276 g/mol. The van der Waals surface area contributed by atoms with Crippen LogP contribution in [0.5, 0.6) is 0 Å². The van der Waals surface area contributed by atoms with Crippen LogP contribution in [-0.4, -0.2) is 56.9 Å². The van der Waals surface area contributed by atoms with E-state index in [0.717, 1.165) is 32.2 Å². The van der Waals surface area contributed by atoms with Gasteiger partial charge < -0.3 is 10.1 Å². The number of nitrogens with one attached hydrogen (secondary N) is 1. The van der Waals surface area contributed by atoms with E-state index in [9.17, 15) is 8.42 Å². The molecule has 2 fully saturated rings. The van der Waals surface area contributed by atoms with Crippen molar-refractivity contribution in [1.82, 2.24) is 9.62 Å². The second kappa shape index (κ2) is 6.32. The number of rotatable bonds is 4. The summed E-state index contributed by atoms with van der Waals surface area (Å²) in [6, 6.07) is 0.131. The van der Waals surface area contributed by atoms with Crippen molar-refractivity contribution in [3.63, 3.8) is 0 Å². The fourth-order valence-corrected chi connectivity index (χ4v) is 4.37. The van der Waals surface area contributed by atoms with Crippen molar-refractivity contribution in [3.8, 4) is 0 Å². The quantitative estimate of drug-likeness (QED) is 0.815. The van der Waals surface area contributed by atoms with E-state index < -0.39 is 10.0 Å². The highest BCUT2D eigenvalue weighted by Crippen LogP contribution is 2.16. The van der Waals surface area contributed by atoms with Gasteiger partial charge in [0.2, 0.25) is 10.0 Å². The Morgan fingerprint density at radius 1 is 1.39 bits per heavy atom. The zero-order valence-electron chi connectivity index (χ0n) is 11.1. The first-order chi connectivity index (χ1) is 8.62. The fourth-order valence-electron chi connectivity index (χ4n) is 2.62. The van der Waals surface area contributed by atoms with Gasteiger partial charge >= 0.3 is 0 Å². The molecule has 6 heteroatoms. The maximum absolute atomic E-state index is 12.3. The first-order valence-electron chi connectivity index (χ1n) is 6.94. The predicted molar refractivity (Wildman–Crippen MR) is 71.0 cm³/mol. The zero-order valence-corrected chi connectivity index (χ0v) is 11.9. The van der Waals surface area contributed by atoms with E-state index in [1.165, 1.54) is 0 Å². The normalized spacial score (nSPS) is 31.4. The van der Waals surface area contributed by atoms with Crippen LogP contribution in [0.25, 0.3) is 0 Å². The molecule has 2 aliphatic rings. The summed E-state index contributed by atoms with van der Waals surface area (Å²) >= 11 is 0. The molecule has 1 N–H and O–H groups in total. The van der Waals surface area contributed by atoms with Gasteiger partial charge in [-0.2, -0.15) is 4.31 Å². The average molecular weight is 276 g/mol. The van der Waals surface area contributed by atoms with Crippen LogP contribution in [0.2, 0.25) is 0 Å². The molecule has 0 aromatic heterocycles. The molecule has 0 bridgehead atoms. The molecule has 0 aliphatic carbocycles. The molecule has 5 nitrogen and oxygen atoms in total. The van der Waals surface area contributed by atoms with Crippen molar-refractivity contribution in [1.29, 1.82) is 0 Å². The molecule has 2 atom stereocenters. The van der Waals surface area contributed by atoms with Gasteiger partial charge in [-0.1, -0.05) is 13.3 Å². The van der Waals surface area contributed by atoms with Gasteiger partial charge in [0.1, 0.15) is 0 Å². The number of piperidine rings is 1. The van der Waals surface area contributed by atoms with Crippen LogP contribution in [0.4, 0.5) is 0 Å². The maximum Gasteiger partial charge on any atom is 0.215 e. The molecular formula is C12H24N2O3S. The van der Waals surface area contributed by atoms with E-state index in [1.54, 1.807) is 4.31 Å². The smallest absolute Gasteiger partial charge is 0.215 e. The second-order valence-corrected chi connectivity index (χ2v) is 7.20. The lowest BCUT2D eigenvalue weighted by molar-refractivity contribution is -0.00284. The summed E-state index contributed by atoms with van der Waals surface area (Å²) in [5, 5.41) is 3.30. The Labute approximate surface area is 110 Å². The minimum atomic E-state index is -3.14. The molecule has 2 unspecified atom stereocenters. The summed E-state index contributed by atoms with van der Waals surface area (Å²) in [4.78, 5) is 0. The number of hydrogen-bond acceptors (Lipinski definition) is 4. The van der Waals surface area contributed by atoms with E-state index in [2.05, 4.69) is 5.32 Å². The maximum atomic E-state index is 12.3. The third-order valence-electron chi connectivity index (χ3n) is 3.77. The number of sulfonamides is 1. The third-order valence-corrected chi connectivity index (χ3v) is 5.72. The molecule has 0 spiro atoms. The Morgan fingerprint density at radius 3 is 2.89 bits per heavy atom. The highest BCUT2D eigenvalue weighted by atomic mass is 32.2. The average Bonchev–Trinajstić information content (AvgIpc) is 2.39.